The summed E-state index contributed by atoms with van der Waals surface area (Å²) in [5.41, 5.74) is 1.01. The Morgan fingerprint density at radius 1 is 1.27 bits per heavy atom. The van der Waals surface area contributed by atoms with E-state index in [4.69, 9.17) is 0 Å². The van der Waals surface area contributed by atoms with E-state index in [-0.39, 0.29) is 17.7 Å². The molecule has 0 aliphatic carbocycles. The van der Waals surface area contributed by atoms with Crippen LogP contribution in [0.3, 0.4) is 0 Å². The summed E-state index contributed by atoms with van der Waals surface area (Å²) in [5.74, 6) is -1.36. The van der Waals surface area contributed by atoms with Crippen molar-refractivity contribution in [3.8, 4) is 0 Å². The van der Waals surface area contributed by atoms with Crippen LogP contribution in [0.4, 0.5) is 0 Å². The van der Waals surface area contributed by atoms with Crippen LogP contribution in [0.25, 0.3) is 0 Å². The van der Waals surface area contributed by atoms with Gasteiger partial charge in [0.15, 0.2) is 0 Å². The Kier molecular flexibility index (Phi) is 5.58. The van der Waals surface area contributed by atoms with Crippen molar-refractivity contribution in [1.82, 2.24) is 4.90 Å². The van der Waals surface area contributed by atoms with E-state index in [0.717, 1.165) is 24.8 Å². The van der Waals surface area contributed by atoms with Gasteiger partial charge >= 0.3 is 5.97 Å². The molecule has 0 bridgehead atoms. The molecule has 0 spiro atoms. The van der Waals surface area contributed by atoms with Gasteiger partial charge in [-0.05, 0) is 12.0 Å². The van der Waals surface area contributed by atoms with E-state index in [1.807, 2.05) is 37.3 Å². The number of nitrogens with zero attached hydrogens (tertiary/aromatic N) is 1. The van der Waals surface area contributed by atoms with Crippen molar-refractivity contribution >= 4 is 11.9 Å². The van der Waals surface area contributed by atoms with E-state index >= 15 is 0 Å². The van der Waals surface area contributed by atoms with Crippen molar-refractivity contribution < 1.29 is 14.7 Å². The molecule has 1 saturated heterocycles. The lowest BCUT2D eigenvalue weighted by molar-refractivity contribution is -0.142. The summed E-state index contributed by atoms with van der Waals surface area (Å²) in [4.78, 5) is 25.8. The number of amides is 1. The molecule has 1 heterocycles. The molecule has 1 N–H and O–H groups in total. The van der Waals surface area contributed by atoms with Gasteiger partial charge < -0.3 is 10.0 Å². The largest absolute Gasteiger partial charge is 0.481 e. The fourth-order valence-corrected chi connectivity index (χ4v) is 3.22. The number of rotatable bonds is 6. The van der Waals surface area contributed by atoms with Gasteiger partial charge in [-0.2, -0.15) is 0 Å². The number of unbranched alkanes of at least 4 members (excludes halogenated alkanes) is 1. The monoisotopic (exact) mass is 303 g/mol. The second-order valence-corrected chi connectivity index (χ2v) is 6.25. The van der Waals surface area contributed by atoms with Crippen molar-refractivity contribution in [1.29, 1.82) is 0 Å². The molecule has 0 aromatic heterocycles. The third-order valence-electron chi connectivity index (χ3n) is 4.59. The third kappa shape index (κ3) is 3.67. The van der Waals surface area contributed by atoms with Crippen LogP contribution >= 0.6 is 0 Å². The van der Waals surface area contributed by atoms with E-state index in [0.29, 0.717) is 13.1 Å². The number of carboxylic acids is 1. The Morgan fingerprint density at radius 2 is 1.95 bits per heavy atom. The highest BCUT2D eigenvalue weighted by Gasteiger charge is 2.41. The predicted molar refractivity (Wildman–Crippen MR) is 85.6 cm³/mol. The molecule has 4 heteroatoms. The van der Waals surface area contributed by atoms with E-state index in [1.54, 1.807) is 4.90 Å². The first-order chi connectivity index (χ1) is 10.5. The molecule has 4 nitrogen and oxygen atoms in total. The number of aliphatic carboxylic acids is 1. The average Bonchev–Trinajstić information content (AvgIpc) is 2.98. The molecule has 1 fully saturated rings. The molecule has 3 atom stereocenters. The van der Waals surface area contributed by atoms with Gasteiger partial charge in [0.1, 0.15) is 0 Å². The summed E-state index contributed by atoms with van der Waals surface area (Å²) in [7, 11) is 0. The van der Waals surface area contributed by atoms with Crippen LogP contribution in [0.2, 0.25) is 0 Å². The quantitative estimate of drug-likeness (QED) is 0.878. The fourth-order valence-electron chi connectivity index (χ4n) is 3.22. The number of hydrogen-bond donors (Lipinski definition) is 1. The number of carboxylic acid groups (broad SMARTS) is 1. The third-order valence-corrected chi connectivity index (χ3v) is 4.59. The predicted octanol–water partition coefficient (Wildman–Crippen LogP) is 3.14. The number of hydrogen-bond acceptors (Lipinski definition) is 2. The Labute approximate surface area is 132 Å². The standard InChI is InChI=1S/C18H25NO3/c1-3-4-8-13(2)17(20)19-11-15(16(12-19)18(21)22)14-9-6-5-7-10-14/h5-7,9-10,13,15-16H,3-4,8,11-12H2,1-2H3,(H,21,22)/t13?,15-,16-/m0/s1. The summed E-state index contributed by atoms with van der Waals surface area (Å²) in [6, 6.07) is 9.67. The lowest BCUT2D eigenvalue weighted by Crippen LogP contribution is -2.34. The van der Waals surface area contributed by atoms with Gasteiger partial charge in [0, 0.05) is 24.9 Å². The fraction of sp³-hybridized carbons (Fsp3) is 0.556. The zero-order chi connectivity index (χ0) is 16.1. The molecular formula is C18H25NO3. The summed E-state index contributed by atoms with van der Waals surface area (Å²) in [6.45, 7) is 4.89. The zero-order valence-corrected chi connectivity index (χ0v) is 13.4. The van der Waals surface area contributed by atoms with Crippen LogP contribution in [0.1, 0.15) is 44.6 Å². The van der Waals surface area contributed by atoms with Crippen LogP contribution in [-0.2, 0) is 9.59 Å². The number of likely N-dealkylation sites (tertiary alicyclic amines) is 1. The molecule has 120 valence electrons. The van der Waals surface area contributed by atoms with E-state index in [2.05, 4.69) is 6.92 Å². The van der Waals surface area contributed by atoms with Crippen LogP contribution in [0.5, 0.6) is 0 Å². The molecule has 0 radical (unpaired) electrons. The molecule has 2 rings (SSSR count). The van der Waals surface area contributed by atoms with Gasteiger partial charge in [-0.1, -0.05) is 57.0 Å². The van der Waals surface area contributed by atoms with Gasteiger partial charge in [0.05, 0.1) is 5.92 Å². The average molecular weight is 303 g/mol. The highest BCUT2D eigenvalue weighted by Crippen LogP contribution is 2.33. The number of carbonyl (C=O) groups is 2. The minimum absolute atomic E-state index is 0.0241. The lowest BCUT2D eigenvalue weighted by Gasteiger charge is -2.21. The SMILES string of the molecule is CCCCC(C)C(=O)N1C[C@H](C(=O)O)[C@H](c2ccccc2)C1. The summed E-state index contributed by atoms with van der Waals surface area (Å²) in [5, 5.41) is 9.49. The number of carbonyl (C=O) groups excluding carboxylic acids is 1. The lowest BCUT2D eigenvalue weighted by atomic mass is 9.89. The Balaban J connectivity index is 2.10. The first-order valence-electron chi connectivity index (χ1n) is 8.11. The van der Waals surface area contributed by atoms with Crippen molar-refractivity contribution in [3.63, 3.8) is 0 Å². The molecule has 1 aliphatic heterocycles. The molecular weight excluding hydrogens is 278 g/mol. The molecule has 1 unspecified atom stereocenters. The first-order valence-corrected chi connectivity index (χ1v) is 8.11. The molecule has 1 aromatic rings. The van der Waals surface area contributed by atoms with E-state index < -0.39 is 11.9 Å². The van der Waals surface area contributed by atoms with Crippen LogP contribution in [0.15, 0.2) is 30.3 Å². The molecule has 1 amide bonds. The summed E-state index contributed by atoms with van der Waals surface area (Å²) >= 11 is 0. The Bertz CT molecular complexity index is 514. The number of benzene rings is 1. The highest BCUT2D eigenvalue weighted by atomic mass is 16.4. The summed E-state index contributed by atoms with van der Waals surface area (Å²) < 4.78 is 0. The maximum absolute atomic E-state index is 12.5. The maximum Gasteiger partial charge on any atom is 0.308 e. The zero-order valence-electron chi connectivity index (χ0n) is 13.4. The van der Waals surface area contributed by atoms with Crippen molar-refractivity contribution in [2.24, 2.45) is 11.8 Å². The Hall–Kier alpha value is -1.84. The second kappa shape index (κ2) is 7.43. The first kappa shape index (κ1) is 16.5. The van der Waals surface area contributed by atoms with Crippen molar-refractivity contribution in [2.45, 2.75) is 39.0 Å². The van der Waals surface area contributed by atoms with Gasteiger partial charge in [0.25, 0.3) is 0 Å². The minimum Gasteiger partial charge on any atom is -0.481 e. The van der Waals surface area contributed by atoms with E-state index in [1.165, 1.54) is 0 Å². The van der Waals surface area contributed by atoms with Crippen LogP contribution < -0.4 is 0 Å². The van der Waals surface area contributed by atoms with Gasteiger partial charge in [0.2, 0.25) is 5.91 Å². The van der Waals surface area contributed by atoms with Crippen molar-refractivity contribution in [2.75, 3.05) is 13.1 Å². The van der Waals surface area contributed by atoms with Crippen molar-refractivity contribution in [3.05, 3.63) is 35.9 Å². The molecule has 1 aliphatic rings. The normalized spacial score (nSPS) is 22.5. The topological polar surface area (TPSA) is 57.6 Å². The summed E-state index contributed by atoms with van der Waals surface area (Å²) in [6.07, 6.45) is 2.98. The Morgan fingerprint density at radius 3 is 2.55 bits per heavy atom. The van der Waals surface area contributed by atoms with Crippen LogP contribution in [0, 0.1) is 11.8 Å². The van der Waals surface area contributed by atoms with Gasteiger partial charge in [-0.3, -0.25) is 9.59 Å². The minimum atomic E-state index is -0.814. The molecule has 22 heavy (non-hydrogen) atoms. The van der Waals surface area contributed by atoms with Gasteiger partial charge in [-0.15, -0.1) is 0 Å². The van der Waals surface area contributed by atoms with Crippen LogP contribution in [-0.4, -0.2) is 35.0 Å². The van der Waals surface area contributed by atoms with Gasteiger partial charge in [-0.25, -0.2) is 0 Å². The second-order valence-electron chi connectivity index (χ2n) is 6.25. The molecule has 1 aromatic carbocycles. The van der Waals surface area contributed by atoms with E-state index in [9.17, 15) is 14.7 Å². The smallest absolute Gasteiger partial charge is 0.308 e. The maximum atomic E-state index is 12.5. The highest BCUT2D eigenvalue weighted by molar-refractivity contribution is 5.81. The molecule has 0 saturated carbocycles.